The van der Waals surface area contributed by atoms with Gasteiger partial charge >= 0.3 is 24.4 Å². The fraction of sp³-hybridized carbons (Fsp3) is 0.494. The second-order valence-corrected chi connectivity index (χ2v) is 31.3. The molecule has 0 unspecified atom stereocenters. The average molecular weight is 1810 g/mol. The Morgan fingerprint density at radius 2 is 0.701 bits per heavy atom. The van der Waals surface area contributed by atoms with Crippen LogP contribution in [0, 0.1) is 23.7 Å². The molecule has 0 aliphatic carbocycles. The SMILES string of the molecule is C.COC(=O)N[C@H](C(=O)N1CCC[C@H]1c1ncc(-c2ccc(C=CCc3ccc4nc([C@@H]5CCCN5C(=O)[C@@H](NC(=O)OC)C(C)C)[nH]c4c3)s2)[nH]1)C(C)C.COC(=O)N[C@H](C(=O)N1CCC[C@H]1c1ncc(-c2ccc(C=CCc3ccc4nc([C@@H]5CCCN5C(=O)[C@@H](NC(=O)OC)C(C)C)[nH]c4c3)s2)[nH]1)C(C)C.S.S.S.S.S.S.S.S. The second kappa shape index (κ2) is 48.6. The van der Waals surface area contributed by atoms with E-state index >= 15 is 0 Å². The van der Waals surface area contributed by atoms with Crippen molar-refractivity contribution >= 4 is 213 Å². The summed E-state index contributed by atoms with van der Waals surface area (Å²) in [7, 11) is 5.17. The average Bonchev–Trinajstić information content (AvgIpc) is 1.66. The molecule has 8 atom stereocenters. The lowest BCUT2D eigenvalue weighted by Gasteiger charge is -2.30. The molecule has 8 aromatic rings. The van der Waals surface area contributed by atoms with E-state index in [1.807, 2.05) is 99.5 Å². The highest BCUT2D eigenvalue weighted by molar-refractivity contribution is 7.60. The van der Waals surface area contributed by atoms with Crippen LogP contribution in [0.25, 0.3) is 55.4 Å². The molecular weight excluding hydrogens is 1690 g/mol. The number of methoxy groups -OCH3 is 4. The Labute approximate surface area is 749 Å². The molecule has 12 rings (SSSR count). The number of hydrogen-bond acceptors (Lipinski definition) is 18. The number of likely N-dealkylation sites (tertiary alicyclic amines) is 4. The largest absolute Gasteiger partial charge is 0.453 e. The lowest BCUT2D eigenvalue weighted by molar-refractivity contribution is -0.136. The molecule has 0 spiro atoms. The minimum atomic E-state index is -0.681. The molecule has 10 heterocycles. The van der Waals surface area contributed by atoms with Crippen molar-refractivity contribution in [3.63, 3.8) is 0 Å². The van der Waals surface area contributed by atoms with E-state index in [1.165, 1.54) is 28.4 Å². The number of thiophene rings is 2. The summed E-state index contributed by atoms with van der Waals surface area (Å²) >= 11 is 3.31. The van der Waals surface area contributed by atoms with Gasteiger partial charge in [0.25, 0.3) is 0 Å². The third-order valence-electron chi connectivity index (χ3n) is 20.3. The van der Waals surface area contributed by atoms with Gasteiger partial charge in [-0.25, -0.2) is 39.1 Å². The topological polar surface area (TPSA) is 349 Å². The standard InChI is InChI=1S/2C39H50N8O6S.CH4.8H2S/c2*1-22(2)32(44-38(50)52-5)36(48)46-18-8-12-29(46)34-40-21-28(43-34)31-17-15-25(54-31)11-7-10-24-14-16-26-27(20-24)42-35(41-26)30-13-9-19-47(30)37(49)33(23(3)4)45-39(51)53-6;;;;;;;;;/h2*7,11,14-17,20-23,29-30,32-33H,8-10,12-13,18-19H2,1-6H3,(H,40,43)(H,41,42)(H,44,50)(H,45,51);1H4;8*1H2/t2*29-,30-,32-,33-;;;;;;;;;/m00........./s1. The maximum Gasteiger partial charge on any atom is 0.407 e. The Balaban J connectivity index is 0.000000737. The first-order valence-electron chi connectivity index (χ1n) is 37.1. The van der Waals surface area contributed by atoms with Gasteiger partial charge in [0.1, 0.15) is 47.5 Å². The molecule has 0 bridgehead atoms. The number of hydrogen-bond donors (Lipinski definition) is 8. The molecular formula is C79H120N16O12S10. The van der Waals surface area contributed by atoms with E-state index in [1.54, 1.807) is 22.7 Å². The van der Waals surface area contributed by atoms with E-state index in [0.29, 0.717) is 26.2 Å². The van der Waals surface area contributed by atoms with Crippen LogP contribution in [-0.2, 0) is 51.0 Å². The predicted molar refractivity (Wildman–Crippen MR) is 503 cm³/mol. The molecule has 8 N–H and O–H groups in total. The summed E-state index contributed by atoms with van der Waals surface area (Å²) in [5, 5.41) is 10.8. The first-order chi connectivity index (χ1) is 51.9. The fourth-order valence-electron chi connectivity index (χ4n) is 14.6. The highest BCUT2D eigenvalue weighted by Gasteiger charge is 2.42. The van der Waals surface area contributed by atoms with E-state index in [-0.39, 0.29) is 187 Å². The number of aromatic nitrogens is 8. The lowest BCUT2D eigenvalue weighted by Crippen LogP contribution is -2.51. The summed E-state index contributed by atoms with van der Waals surface area (Å²) in [4.78, 5) is 146. The van der Waals surface area contributed by atoms with E-state index in [9.17, 15) is 38.4 Å². The van der Waals surface area contributed by atoms with Crippen molar-refractivity contribution < 1.29 is 57.3 Å². The Hall–Kier alpha value is -7.56. The van der Waals surface area contributed by atoms with Crippen molar-refractivity contribution in [2.45, 2.75) is 175 Å². The van der Waals surface area contributed by atoms with Crippen LogP contribution in [0.4, 0.5) is 19.2 Å². The number of alkyl carbamates (subject to hydrolysis) is 4. The number of aromatic amines is 4. The molecule has 648 valence electrons. The highest BCUT2D eigenvalue weighted by atomic mass is 32.1. The Bertz CT molecular complexity index is 4310. The minimum Gasteiger partial charge on any atom is -0.453 e. The molecule has 117 heavy (non-hydrogen) atoms. The molecule has 6 aromatic heterocycles. The van der Waals surface area contributed by atoms with Gasteiger partial charge in [-0.15, -0.1) is 22.7 Å². The predicted octanol–water partition coefficient (Wildman–Crippen LogP) is 14.3. The van der Waals surface area contributed by atoms with Gasteiger partial charge in [0, 0.05) is 35.9 Å². The number of nitrogens with zero attached hydrogens (tertiary/aromatic N) is 8. The Kier molecular flexibility index (Phi) is 43.9. The van der Waals surface area contributed by atoms with E-state index in [0.717, 1.165) is 152 Å². The van der Waals surface area contributed by atoms with Gasteiger partial charge < -0.3 is 79.8 Å². The Morgan fingerprint density at radius 3 is 0.974 bits per heavy atom. The maximum atomic E-state index is 13.5. The third-order valence-corrected chi connectivity index (χ3v) is 22.5. The van der Waals surface area contributed by atoms with Crippen LogP contribution in [0.2, 0.25) is 0 Å². The van der Waals surface area contributed by atoms with Crippen LogP contribution < -0.4 is 21.3 Å². The highest BCUT2D eigenvalue weighted by Crippen LogP contribution is 2.39. The number of nitrogens with one attached hydrogen (secondary N) is 8. The van der Waals surface area contributed by atoms with Crippen LogP contribution >= 0.6 is 131 Å². The molecule has 4 aliphatic rings. The van der Waals surface area contributed by atoms with Crippen LogP contribution in [0.15, 0.2) is 85.2 Å². The number of benzene rings is 2. The number of ether oxygens (including phenoxy) is 4. The lowest BCUT2D eigenvalue weighted by atomic mass is 10.0. The third kappa shape index (κ3) is 25.7. The van der Waals surface area contributed by atoms with E-state index < -0.39 is 48.5 Å². The first kappa shape index (κ1) is 106. The summed E-state index contributed by atoms with van der Waals surface area (Å²) in [6, 6.07) is 17.2. The van der Waals surface area contributed by atoms with Crippen molar-refractivity contribution in [1.82, 2.24) is 80.7 Å². The maximum absolute atomic E-state index is 13.5. The molecule has 4 aliphatic heterocycles. The minimum absolute atomic E-state index is 0. The number of fused-ring (bicyclic) bond motifs is 2. The molecule has 0 saturated carbocycles. The molecule has 4 fully saturated rings. The zero-order valence-electron chi connectivity index (χ0n) is 67.4. The number of amides is 8. The quantitative estimate of drug-likeness (QED) is 0.0261. The van der Waals surface area contributed by atoms with Gasteiger partial charge in [-0.1, -0.05) is 87.1 Å². The van der Waals surface area contributed by atoms with Crippen molar-refractivity contribution in [3.05, 3.63) is 129 Å². The second-order valence-electron chi connectivity index (χ2n) is 29.1. The molecule has 38 heteroatoms. The molecule has 28 nitrogen and oxygen atoms in total. The summed E-state index contributed by atoms with van der Waals surface area (Å²) in [5.74, 6) is 2.05. The van der Waals surface area contributed by atoms with Crippen molar-refractivity contribution in [2.24, 2.45) is 23.7 Å². The van der Waals surface area contributed by atoms with Crippen LogP contribution in [0.5, 0.6) is 0 Å². The molecule has 4 saturated heterocycles. The summed E-state index contributed by atoms with van der Waals surface area (Å²) in [6.07, 6.45) is 17.7. The monoisotopic (exact) mass is 1800 g/mol. The number of imidazole rings is 4. The van der Waals surface area contributed by atoms with Gasteiger partial charge in [0.15, 0.2) is 0 Å². The molecule has 0 radical (unpaired) electrons. The summed E-state index contributed by atoms with van der Waals surface area (Å²) < 4.78 is 19.0. The number of H-pyrrole nitrogens is 4. The van der Waals surface area contributed by atoms with Gasteiger partial charge in [-0.3, -0.25) is 19.2 Å². The van der Waals surface area contributed by atoms with Crippen molar-refractivity contribution in [3.8, 4) is 21.1 Å². The van der Waals surface area contributed by atoms with Crippen LogP contribution in [0.1, 0.15) is 183 Å². The first-order valence-corrected chi connectivity index (χ1v) is 38.8. The number of carbonyl (C=O) groups excluding carboxylic acids is 8. The van der Waals surface area contributed by atoms with Gasteiger partial charge in [-0.2, -0.15) is 108 Å². The van der Waals surface area contributed by atoms with E-state index in [2.05, 4.69) is 124 Å². The summed E-state index contributed by atoms with van der Waals surface area (Å²) in [6.45, 7) is 17.6. The van der Waals surface area contributed by atoms with Crippen LogP contribution in [0.3, 0.4) is 0 Å². The van der Waals surface area contributed by atoms with Crippen molar-refractivity contribution in [2.75, 3.05) is 54.6 Å². The smallest absolute Gasteiger partial charge is 0.407 e. The van der Waals surface area contributed by atoms with Gasteiger partial charge in [-0.05, 0) is 160 Å². The van der Waals surface area contributed by atoms with E-state index in [4.69, 9.17) is 28.9 Å². The number of carbonyl (C=O) groups is 8. The number of rotatable bonds is 24. The van der Waals surface area contributed by atoms with Crippen molar-refractivity contribution in [1.29, 1.82) is 0 Å². The molecule has 2 aromatic carbocycles. The normalized spacial score (nSPS) is 17.1. The summed E-state index contributed by atoms with van der Waals surface area (Å²) in [5.41, 5.74) is 7.56. The fourth-order valence-corrected chi connectivity index (χ4v) is 16.4. The Morgan fingerprint density at radius 1 is 0.419 bits per heavy atom. The number of allylic oxidation sites excluding steroid dienone is 2. The van der Waals surface area contributed by atoms with Gasteiger partial charge in [0.05, 0.1) is 108 Å². The zero-order chi connectivity index (χ0) is 77.0. The molecule has 8 amide bonds. The van der Waals surface area contributed by atoms with Gasteiger partial charge in [0.2, 0.25) is 23.6 Å². The zero-order valence-corrected chi connectivity index (χ0v) is 77.0. The van der Waals surface area contributed by atoms with Crippen LogP contribution in [-0.4, -0.2) is 186 Å².